The van der Waals surface area contributed by atoms with Gasteiger partial charge in [-0.3, -0.25) is 14.5 Å². The van der Waals surface area contributed by atoms with Gasteiger partial charge in [-0.15, -0.1) is 0 Å². The van der Waals surface area contributed by atoms with Crippen LogP contribution in [0.1, 0.15) is 60.2 Å². The van der Waals surface area contributed by atoms with Crippen molar-refractivity contribution >= 4 is 54.9 Å². The van der Waals surface area contributed by atoms with Gasteiger partial charge < -0.3 is 0 Å². The summed E-state index contributed by atoms with van der Waals surface area (Å²) in [5, 5.41) is 8.23. The first kappa shape index (κ1) is 20.9. The van der Waals surface area contributed by atoms with E-state index in [9.17, 15) is 9.59 Å². The molecule has 0 N–H and O–H groups in total. The van der Waals surface area contributed by atoms with Gasteiger partial charge in [-0.2, -0.15) is 0 Å². The van der Waals surface area contributed by atoms with Crippen LogP contribution in [0.5, 0.6) is 0 Å². The fraction of sp³-hybridized carbons (Fsp3) is 0.226. The molecule has 5 aromatic rings. The van der Waals surface area contributed by atoms with E-state index in [1.54, 1.807) is 4.90 Å². The van der Waals surface area contributed by atoms with E-state index in [0.717, 1.165) is 68.8 Å². The quantitative estimate of drug-likeness (QED) is 0.204. The molecule has 3 nitrogen and oxygen atoms in total. The molecule has 6 rings (SSSR count). The minimum absolute atomic E-state index is 0.0667. The number of fused-ring (bicyclic) bond motifs is 10. The first-order valence-corrected chi connectivity index (χ1v) is 12.3. The molecule has 1 aliphatic heterocycles. The van der Waals surface area contributed by atoms with Gasteiger partial charge in [-0.05, 0) is 50.5 Å². The predicted molar refractivity (Wildman–Crippen MR) is 141 cm³/mol. The second-order valence-electron chi connectivity index (χ2n) is 9.38. The van der Waals surface area contributed by atoms with Crippen molar-refractivity contribution in [3.8, 4) is 0 Å². The summed E-state index contributed by atoms with van der Waals surface area (Å²) >= 11 is 0. The predicted octanol–water partition coefficient (Wildman–Crippen LogP) is 7.86. The summed E-state index contributed by atoms with van der Waals surface area (Å²) in [5.41, 5.74) is 1.16. The zero-order valence-electron chi connectivity index (χ0n) is 19.6. The van der Waals surface area contributed by atoms with Crippen molar-refractivity contribution in [1.29, 1.82) is 0 Å². The number of imide groups is 1. The molecule has 0 fully saturated rings. The van der Waals surface area contributed by atoms with Crippen LogP contribution in [-0.4, -0.2) is 22.8 Å². The van der Waals surface area contributed by atoms with Gasteiger partial charge in [0.2, 0.25) is 0 Å². The molecule has 0 saturated carbocycles. The van der Waals surface area contributed by atoms with E-state index >= 15 is 0 Å². The first-order chi connectivity index (χ1) is 16.7. The molecule has 34 heavy (non-hydrogen) atoms. The van der Waals surface area contributed by atoms with Crippen molar-refractivity contribution in [1.82, 2.24) is 4.90 Å². The lowest BCUT2D eigenvalue weighted by Gasteiger charge is -2.25. The van der Waals surface area contributed by atoms with Gasteiger partial charge in [0.1, 0.15) is 0 Å². The Bertz CT molecular complexity index is 1630. The van der Waals surface area contributed by atoms with Gasteiger partial charge in [-0.25, -0.2) is 0 Å². The summed E-state index contributed by atoms with van der Waals surface area (Å²) in [6.07, 6.45) is 3.54. The normalized spacial score (nSPS) is 13.8. The largest absolute Gasteiger partial charge is 0.271 e. The fourth-order valence-electron chi connectivity index (χ4n) is 5.95. The highest BCUT2D eigenvalue weighted by Crippen LogP contribution is 2.44. The van der Waals surface area contributed by atoms with Crippen LogP contribution < -0.4 is 0 Å². The van der Waals surface area contributed by atoms with Crippen LogP contribution in [-0.2, 0) is 0 Å². The van der Waals surface area contributed by atoms with Crippen molar-refractivity contribution < 1.29 is 9.59 Å². The molecule has 2 amide bonds. The maximum Gasteiger partial charge on any atom is 0.262 e. The maximum atomic E-state index is 14.1. The molecule has 0 aliphatic carbocycles. The molecule has 0 bridgehead atoms. The van der Waals surface area contributed by atoms with Crippen LogP contribution in [0.15, 0.2) is 72.8 Å². The number of benzene rings is 5. The van der Waals surface area contributed by atoms with Crippen LogP contribution in [0.4, 0.5) is 0 Å². The van der Waals surface area contributed by atoms with Gasteiger partial charge in [0.05, 0.1) is 11.1 Å². The smallest absolute Gasteiger partial charge is 0.262 e. The van der Waals surface area contributed by atoms with Gasteiger partial charge >= 0.3 is 0 Å². The molecular weight excluding hydrogens is 418 g/mol. The molecule has 168 valence electrons. The van der Waals surface area contributed by atoms with E-state index in [0.29, 0.717) is 11.1 Å². The second kappa shape index (κ2) is 7.95. The highest BCUT2D eigenvalue weighted by Gasteiger charge is 2.42. The van der Waals surface area contributed by atoms with E-state index in [-0.39, 0.29) is 17.9 Å². The molecule has 0 atom stereocenters. The summed E-state index contributed by atoms with van der Waals surface area (Å²) in [6, 6.07) is 24.8. The van der Waals surface area contributed by atoms with Gasteiger partial charge in [0, 0.05) is 11.4 Å². The molecule has 0 radical (unpaired) electrons. The number of rotatable bonds is 5. The molecular formula is C31H27NO2. The molecule has 3 heteroatoms. The number of hydrogen-bond acceptors (Lipinski definition) is 2. The van der Waals surface area contributed by atoms with E-state index in [4.69, 9.17) is 0 Å². The van der Waals surface area contributed by atoms with E-state index in [2.05, 4.69) is 56.3 Å². The Morgan fingerprint density at radius 2 is 1.12 bits per heavy atom. The second-order valence-corrected chi connectivity index (χ2v) is 9.38. The monoisotopic (exact) mass is 445 g/mol. The number of carbonyl (C=O) groups excluding carboxylic acids is 2. The first-order valence-electron chi connectivity index (χ1n) is 12.3. The molecule has 0 saturated heterocycles. The molecule has 5 aromatic carbocycles. The Morgan fingerprint density at radius 3 is 1.74 bits per heavy atom. The molecule has 1 heterocycles. The van der Waals surface area contributed by atoms with E-state index < -0.39 is 0 Å². The summed E-state index contributed by atoms with van der Waals surface area (Å²) in [7, 11) is 0. The average molecular weight is 446 g/mol. The molecule has 0 aromatic heterocycles. The lowest BCUT2D eigenvalue weighted by Crippen LogP contribution is -2.39. The van der Waals surface area contributed by atoms with Crippen molar-refractivity contribution in [2.75, 3.05) is 0 Å². The van der Waals surface area contributed by atoms with Crippen LogP contribution >= 0.6 is 0 Å². The van der Waals surface area contributed by atoms with Gasteiger partial charge in [0.25, 0.3) is 11.8 Å². The van der Waals surface area contributed by atoms with E-state index in [1.807, 2.05) is 30.3 Å². The highest BCUT2D eigenvalue weighted by atomic mass is 16.2. The van der Waals surface area contributed by atoms with Crippen molar-refractivity contribution in [2.24, 2.45) is 0 Å². The number of hydrogen-bond donors (Lipinski definition) is 0. The Morgan fingerprint density at radius 1 is 0.588 bits per heavy atom. The van der Waals surface area contributed by atoms with Gasteiger partial charge in [-0.1, -0.05) is 99.5 Å². The van der Waals surface area contributed by atoms with Crippen LogP contribution in [0.3, 0.4) is 0 Å². The third kappa shape index (κ3) is 2.83. The fourth-order valence-corrected chi connectivity index (χ4v) is 5.95. The van der Waals surface area contributed by atoms with Crippen LogP contribution in [0.25, 0.3) is 43.1 Å². The Kier molecular flexibility index (Phi) is 4.88. The number of amides is 2. The minimum atomic E-state index is -0.137. The van der Waals surface area contributed by atoms with Crippen LogP contribution in [0.2, 0.25) is 0 Å². The standard InChI is InChI=1S/C31H27NO2/c1-3-9-21(10-4-2)32-30(33)28-25-18-16-19-11-5-7-13-22(19)26(25)24-17-15-20-12-6-8-14-23(20)27(24)29(28)31(32)34/h5-8,11-18,21H,3-4,9-10H2,1-2H3. The van der Waals surface area contributed by atoms with Gasteiger partial charge in [0.15, 0.2) is 0 Å². The Balaban J connectivity index is 1.80. The highest BCUT2D eigenvalue weighted by molar-refractivity contribution is 6.39. The molecule has 1 aliphatic rings. The Hall–Kier alpha value is -3.72. The third-order valence-electron chi connectivity index (χ3n) is 7.37. The molecule has 0 unspecified atom stereocenters. The maximum absolute atomic E-state index is 14.1. The SMILES string of the molecule is CCCC(CCC)N1C(=O)c2c(c3c4ccccc4ccc3c3c2ccc2ccccc23)C1=O. The Labute approximate surface area is 199 Å². The minimum Gasteiger partial charge on any atom is -0.271 e. The van der Waals surface area contributed by atoms with Crippen molar-refractivity contribution in [3.63, 3.8) is 0 Å². The summed E-state index contributed by atoms with van der Waals surface area (Å²) in [5.74, 6) is -0.273. The van der Waals surface area contributed by atoms with Crippen LogP contribution in [0, 0.1) is 0 Å². The van der Waals surface area contributed by atoms with Crippen molar-refractivity contribution in [3.05, 3.63) is 83.9 Å². The zero-order valence-corrected chi connectivity index (χ0v) is 19.6. The summed E-state index contributed by atoms with van der Waals surface area (Å²) in [4.78, 5) is 29.7. The third-order valence-corrected chi connectivity index (χ3v) is 7.37. The summed E-state index contributed by atoms with van der Waals surface area (Å²) in [6.45, 7) is 4.23. The average Bonchev–Trinajstić information content (AvgIpc) is 3.13. The summed E-state index contributed by atoms with van der Waals surface area (Å²) < 4.78 is 0. The lowest BCUT2D eigenvalue weighted by atomic mass is 9.87. The zero-order chi connectivity index (χ0) is 23.4. The molecule has 0 spiro atoms. The van der Waals surface area contributed by atoms with Crippen molar-refractivity contribution in [2.45, 2.75) is 45.6 Å². The number of nitrogens with zero attached hydrogens (tertiary/aromatic N) is 1. The number of carbonyl (C=O) groups is 2. The topological polar surface area (TPSA) is 37.4 Å². The lowest BCUT2D eigenvalue weighted by molar-refractivity contribution is 0.0568. The van der Waals surface area contributed by atoms with E-state index in [1.165, 1.54) is 0 Å².